The van der Waals surface area contributed by atoms with Crippen LogP contribution in [0.1, 0.15) is 18.1 Å². The molecule has 0 spiro atoms. The number of aromatic hydroxyl groups is 1. The number of rotatable bonds is 6. The highest BCUT2D eigenvalue weighted by Crippen LogP contribution is 2.29. The zero-order chi connectivity index (χ0) is 15.2. The molecule has 1 unspecified atom stereocenters. The number of halogens is 1. The highest BCUT2D eigenvalue weighted by Gasteiger charge is 2.09. The lowest BCUT2D eigenvalue weighted by Crippen LogP contribution is -2.27. The fraction of sp³-hybridized carbons (Fsp3) is 0.294. The summed E-state index contributed by atoms with van der Waals surface area (Å²) in [5.74, 6) is 0.419. The van der Waals surface area contributed by atoms with Gasteiger partial charge in [0.1, 0.15) is 5.82 Å². The van der Waals surface area contributed by atoms with E-state index in [9.17, 15) is 9.50 Å². The molecule has 2 rings (SSSR count). The maximum atomic E-state index is 12.9. The van der Waals surface area contributed by atoms with E-state index in [2.05, 4.69) is 12.2 Å². The maximum absolute atomic E-state index is 12.9. The van der Waals surface area contributed by atoms with Crippen molar-refractivity contribution in [2.45, 2.75) is 25.9 Å². The largest absolute Gasteiger partial charge is 0.504 e. The Bertz CT molecular complexity index is 584. The summed E-state index contributed by atoms with van der Waals surface area (Å²) in [6, 6.07) is 12.1. The van der Waals surface area contributed by atoms with E-state index in [1.54, 1.807) is 18.2 Å². The first-order valence-corrected chi connectivity index (χ1v) is 6.93. The van der Waals surface area contributed by atoms with Crippen LogP contribution in [0.4, 0.5) is 4.39 Å². The molecular weight excluding hydrogens is 269 g/mol. The van der Waals surface area contributed by atoms with Gasteiger partial charge in [0.05, 0.1) is 7.11 Å². The molecule has 0 aromatic heterocycles. The number of phenolic OH excluding ortho intramolecular Hbond substituents is 1. The number of ether oxygens (including phenoxy) is 1. The van der Waals surface area contributed by atoms with Crippen molar-refractivity contribution in [1.82, 2.24) is 5.32 Å². The van der Waals surface area contributed by atoms with Crippen molar-refractivity contribution in [1.29, 1.82) is 0 Å². The molecule has 4 heteroatoms. The van der Waals surface area contributed by atoms with Gasteiger partial charge in [-0.1, -0.05) is 24.3 Å². The second-order valence-corrected chi connectivity index (χ2v) is 5.08. The van der Waals surface area contributed by atoms with Crippen molar-refractivity contribution in [3.63, 3.8) is 0 Å². The van der Waals surface area contributed by atoms with Crippen LogP contribution in [-0.4, -0.2) is 18.3 Å². The zero-order valence-corrected chi connectivity index (χ0v) is 12.3. The Morgan fingerprint density at radius 2 is 1.90 bits per heavy atom. The quantitative estimate of drug-likeness (QED) is 0.857. The molecule has 0 aliphatic heterocycles. The third-order valence-electron chi connectivity index (χ3n) is 3.40. The molecule has 1 atom stereocenters. The van der Waals surface area contributed by atoms with Gasteiger partial charge in [-0.05, 0) is 37.1 Å². The molecule has 0 saturated carbocycles. The minimum Gasteiger partial charge on any atom is -0.504 e. The average molecular weight is 289 g/mol. The van der Waals surface area contributed by atoms with Crippen LogP contribution in [0.3, 0.4) is 0 Å². The van der Waals surface area contributed by atoms with Gasteiger partial charge in [-0.2, -0.15) is 0 Å². The van der Waals surface area contributed by atoms with E-state index >= 15 is 0 Å². The first-order valence-electron chi connectivity index (χ1n) is 6.93. The summed E-state index contributed by atoms with van der Waals surface area (Å²) in [5, 5.41) is 13.4. The van der Waals surface area contributed by atoms with Crippen LogP contribution in [0.15, 0.2) is 42.5 Å². The summed E-state index contributed by atoms with van der Waals surface area (Å²) in [6.45, 7) is 2.60. The smallest absolute Gasteiger partial charge is 0.162 e. The lowest BCUT2D eigenvalue weighted by Gasteiger charge is -2.15. The molecule has 0 fully saturated rings. The summed E-state index contributed by atoms with van der Waals surface area (Å²) in [5.41, 5.74) is 1.87. The number of hydrogen-bond donors (Lipinski definition) is 2. The van der Waals surface area contributed by atoms with Crippen LogP contribution in [0, 0.1) is 5.82 Å². The molecule has 112 valence electrons. The van der Waals surface area contributed by atoms with E-state index in [4.69, 9.17) is 4.74 Å². The molecule has 21 heavy (non-hydrogen) atoms. The van der Waals surface area contributed by atoms with Crippen LogP contribution in [0.2, 0.25) is 0 Å². The molecular formula is C17H20FNO2. The Hall–Kier alpha value is -2.07. The standard InChI is InChI=1S/C17H20FNO2/c1-12(10-13-6-8-15(18)9-7-13)19-11-14-4-3-5-16(21-2)17(14)20/h3-9,12,19-20H,10-11H2,1-2H3. The van der Waals surface area contributed by atoms with E-state index in [0.717, 1.165) is 17.5 Å². The van der Waals surface area contributed by atoms with Gasteiger partial charge in [0, 0.05) is 18.2 Å². The highest BCUT2D eigenvalue weighted by molar-refractivity contribution is 5.45. The average Bonchev–Trinajstić information content (AvgIpc) is 2.48. The molecule has 0 radical (unpaired) electrons. The van der Waals surface area contributed by atoms with E-state index in [1.807, 2.05) is 12.1 Å². The van der Waals surface area contributed by atoms with Gasteiger partial charge < -0.3 is 15.2 Å². The fourth-order valence-corrected chi connectivity index (χ4v) is 2.21. The molecule has 2 aromatic rings. The third kappa shape index (κ3) is 4.20. The molecule has 2 aromatic carbocycles. The Morgan fingerprint density at radius 3 is 2.57 bits per heavy atom. The molecule has 2 N–H and O–H groups in total. The normalized spacial score (nSPS) is 12.1. The van der Waals surface area contributed by atoms with Crippen LogP contribution in [0.5, 0.6) is 11.5 Å². The SMILES string of the molecule is COc1cccc(CNC(C)Cc2ccc(F)cc2)c1O. The van der Waals surface area contributed by atoms with Gasteiger partial charge >= 0.3 is 0 Å². The summed E-state index contributed by atoms with van der Waals surface area (Å²) < 4.78 is 17.9. The minimum atomic E-state index is -0.222. The van der Waals surface area contributed by atoms with Gasteiger partial charge in [0.2, 0.25) is 0 Å². The van der Waals surface area contributed by atoms with Crippen LogP contribution in [-0.2, 0) is 13.0 Å². The number of phenols is 1. The van der Waals surface area contributed by atoms with E-state index in [0.29, 0.717) is 12.3 Å². The summed E-state index contributed by atoms with van der Waals surface area (Å²) >= 11 is 0. The van der Waals surface area contributed by atoms with Gasteiger partial charge in [0.25, 0.3) is 0 Å². The maximum Gasteiger partial charge on any atom is 0.162 e. The topological polar surface area (TPSA) is 41.5 Å². The first-order chi connectivity index (χ1) is 10.1. The third-order valence-corrected chi connectivity index (χ3v) is 3.40. The molecule has 3 nitrogen and oxygen atoms in total. The van der Waals surface area contributed by atoms with Crippen molar-refractivity contribution in [2.75, 3.05) is 7.11 Å². The molecule has 0 bridgehead atoms. The number of methoxy groups -OCH3 is 1. The Labute approximate surface area is 124 Å². The van der Waals surface area contributed by atoms with Crippen molar-refractivity contribution in [3.8, 4) is 11.5 Å². The molecule has 0 amide bonds. The lowest BCUT2D eigenvalue weighted by molar-refractivity contribution is 0.369. The minimum absolute atomic E-state index is 0.168. The molecule has 0 heterocycles. The second-order valence-electron chi connectivity index (χ2n) is 5.08. The van der Waals surface area contributed by atoms with Gasteiger partial charge in [-0.3, -0.25) is 0 Å². The predicted octanol–water partition coefficient (Wildman–Crippen LogP) is 3.26. The number of benzene rings is 2. The Balaban J connectivity index is 1.92. The molecule has 0 aliphatic carbocycles. The van der Waals surface area contributed by atoms with Crippen molar-refractivity contribution in [3.05, 3.63) is 59.4 Å². The van der Waals surface area contributed by atoms with Gasteiger partial charge in [-0.25, -0.2) is 4.39 Å². The molecule has 0 aliphatic rings. The number of hydrogen-bond acceptors (Lipinski definition) is 3. The fourth-order valence-electron chi connectivity index (χ4n) is 2.21. The number of para-hydroxylation sites is 1. The zero-order valence-electron chi connectivity index (χ0n) is 12.3. The van der Waals surface area contributed by atoms with Gasteiger partial charge in [0.15, 0.2) is 11.5 Å². The van der Waals surface area contributed by atoms with Crippen LogP contribution < -0.4 is 10.1 Å². The number of nitrogens with one attached hydrogen (secondary N) is 1. The van der Waals surface area contributed by atoms with E-state index < -0.39 is 0 Å². The monoisotopic (exact) mass is 289 g/mol. The van der Waals surface area contributed by atoms with Crippen molar-refractivity contribution >= 4 is 0 Å². The van der Waals surface area contributed by atoms with Crippen molar-refractivity contribution in [2.24, 2.45) is 0 Å². The van der Waals surface area contributed by atoms with Gasteiger partial charge in [-0.15, -0.1) is 0 Å². The second kappa shape index (κ2) is 7.09. The summed E-state index contributed by atoms with van der Waals surface area (Å²) in [6.07, 6.45) is 0.797. The summed E-state index contributed by atoms with van der Waals surface area (Å²) in [4.78, 5) is 0. The molecule has 0 saturated heterocycles. The highest BCUT2D eigenvalue weighted by atomic mass is 19.1. The van der Waals surface area contributed by atoms with E-state index in [-0.39, 0.29) is 17.6 Å². The Morgan fingerprint density at radius 1 is 1.19 bits per heavy atom. The predicted molar refractivity (Wildman–Crippen MR) is 81.1 cm³/mol. The van der Waals surface area contributed by atoms with Crippen LogP contribution >= 0.6 is 0 Å². The first kappa shape index (κ1) is 15.3. The van der Waals surface area contributed by atoms with Crippen molar-refractivity contribution < 1.29 is 14.2 Å². The van der Waals surface area contributed by atoms with Crippen LogP contribution in [0.25, 0.3) is 0 Å². The lowest BCUT2D eigenvalue weighted by atomic mass is 10.1. The Kier molecular flexibility index (Phi) is 5.17. The van der Waals surface area contributed by atoms with E-state index in [1.165, 1.54) is 19.2 Å². The summed E-state index contributed by atoms with van der Waals surface area (Å²) in [7, 11) is 1.53.